The van der Waals surface area contributed by atoms with Crippen molar-refractivity contribution in [3.63, 3.8) is 0 Å². The molecular formula is C14H15Cl2NO. The van der Waals surface area contributed by atoms with E-state index < -0.39 is 0 Å². The Bertz CT molecular complexity index is 478. The molecule has 1 aliphatic carbocycles. The van der Waals surface area contributed by atoms with Gasteiger partial charge in [-0.25, -0.2) is 0 Å². The van der Waals surface area contributed by atoms with E-state index in [4.69, 9.17) is 23.2 Å². The molecule has 2 nitrogen and oxygen atoms in total. The molecule has 1 aromatic carbocycles. The first kappa shape index (κ1) is 13.4. The number of allylic oxidation sites excluding steroid dienone is 1. The van der Waals surface area contributed by atoms with Crippen molar-refractivity contribution in [1.82, 2.24) is 0 Å². The van der Waals surface area contributed by atoms with Crippen LogP contribution in [-0.2, 0) is 4.79 Å². The maximum atomic E-state index is 12.2. The van der Waals surface area contributed by atoms with Gasteiger partial charge in [-0.3, -0.25) is 4.79 Å². The summed E-state index contributed by atoms with van der Waals surface area (Å²) in [7, 11) is 0. The maximum absolute atomic E-state index is 12.2. The third-order valence-corrected chi connectivity index (χ3v) is 3.79. The average Bonchev–Trinajstić information content (AvgIpc) is 2.80. The van der Waals surface area contributed by atoms with E-state index in [0.717, 1.165) is 5.69 Å². The van der Waals surface area contributed by atoms with Crippen LogP contribution in [0.15, 0.2) is 40.9 Å². The lowest BCUT2D eigenvalue weighted by atomic mass is 10.1. The van der Waals surface area contributed by atoms with Crippen molar-refractivity contribution in [2.24, 2.45) is 17.3 Å². The van der Waals surface area contributed by atoms with Crippen molar-refractivity contribution >= 4 is 34.8 Å². The van der Waals surface area contributed by atoms with Crippen LogP contribution < -0.4 is 5.32 Å². The van der Waals surface area contributed by atoms with E-state index in [0.29, 0.717) is 0 Å². The lowest BCUT2D eigenvalue weighted by molar-refractivity contribution is -0.118. The van der Waals surface area contributed by atoms with Gasteiger partial charge < -0.3 is 5.32 Å². The number of hydrogen-bond acceptors (Lipinski definition) is 1. The highest BCUT2D eigenvalue weighted by molar-refractivity contribution is 6.55. The molecule has 0 bridgehead atoms. The van der Waals surface area contributed by atoms with Gasteiger partial charge in [-0.05, 0) is 29.5 Å². The Hall–Kier alpha value is -0.990. The first-order valence-electron chi connectivity index (χ1n) is 5.81. The monoisotopic (exact) mass is 283 g/mol. The molecule has 2 rings (SSSR count). The number of carbonyl (C=O) groups is 1. The second kappa shape index (κ2) is 4.94. The van der Waals surface area contributed by atoms with Gasteiger partial charge in [-0.2, -0.15) is 0 Å². The summed E-state index contributed by atoms with van der Waals surface area (Å²) in [6.45, 7) is 4.08. The molecular weight excluding hydrogens is 269 g/mol. The van der Waals surface area contributed by atoms with E-state index in [2.05, 4.69) is 5.32 Å². The first-order chi connectivity index (χ1) is 8.43. The molecule has 1 amide bonds. The molecule has 1 aromatic rings. The van der Waals surface area contributed by atoms with Gasteiger partial charge >= 0.3 is 0 Å². The zero-order valence-corrected chi connectivity index (χ0v) is 11.8. The molecule has 18 heavy (non-hydrogen) atoms. The fourth-order valence-electron chi connectivity index (χ4n) is 2.37. The Morgan fingerprint density at radius 3 is 2.44 bits per heavy atom. The number of anilines is 1. The number of carbonyl (C=O) groups excluding carboxylic acids is 1. The maximum Gasteiger partial charge on any atom is 0.228 e. The average molecular weight is 284 g/mol. The van der Waals surface area contributed by atoms with Crippen molar-refractivity contribution in [3.8, 4) is 0 Å². The molecule has 0 radical (unpaired) electrons. The van der Waals surface area contributed by atoms with Crippen LogP contribution in [0.5, 0.6) is 0 Å². The normalized spacial score (nSPS) is 24.2. The number of hydrogen-bond donors (Lipinski definition) is 1. The summed E-state index contributed by atoms with van der Waals surface area (Å²) in [6.07, 6.45) is 1.75. The van der Waals surface area contributed by atoms with Crippen LogP contribution in [0.25, 0.3) is 0 Å². The van der Waals surface area contributed by atoms with Crippen molar-refractivity contribution in [3.05, 3.63) is 40.9 Å². The molecule has 1 saturated carbocycles. The molecule has 1 fully saturated rings. The van der Waals surface area contributed by atoms with Crippen LogP contribution in [0.4, 0.5) is 5.69 Å². The Kier molecular flexibility index (Phi) is 3.69. The molecule has 0 spiro atoms. The van der Waals surface area contributed by atoms with Crippen molar-refractivity contribution in [2.75, 3.05) is 5.32 Å². The highest BCUT2D eigenvalue weighted by Gasteiger charge is 2.60. The standard InChI is InChI=1S/C14H15Cl2NO/c1-14(2)10(8-11(15)16)12(14)13(18)17-9-6-4-3-5-7-9/h3-8,10,12H,1-2H3,(H,17,18)/t10-,12-/m1/s1. The van der Waals surface area contributed by atoms with Crippen LogP contribution in [0.2, 0.25) is 0 Å². The number of benzene rings is 1. The SMILES string of the molecule is CC1(C)[C@H](C=C(Cl)Cl)[C@@H]1C(=O)Nc1ccccc1. The lowest BCUT2D eigenvalue weighted by Crippen LogP contribution is -2.16. The van der Waals surface area contributed by atoms with Gasteiger partial charge in [-0.15, -0.1) is 0 Å². The van der Waals surface area contributed by atoms with Crippen LogP contribution in [0, 0.1) is 17.3 Å². The number of nitrogens with one attached hydrogen (secondary N) is 1. The predicted octanol–water partition coefficient (Wildman–Crippen LogP) is 4.22. The van der Waals surface area contributed by atoms with E-state index >= 15 is 0 Å². The Morgan fingerprint density at radius 2 is 1.89 bits per heavy atom. The minimum Gasteiger partial charge on any atom is -0.326 e. The second-order valence-corrected chi connectivity index (χ2v) is 6.14. The van der Waals surface area contributed by atoms with Crippen molar-refractivity contribution in [2.45, 2.75) is 13.8 Å². The summed E-state index contributed by atoms with van der Waals surface area (Å²) in [5.74, 6) is 0.0402. The molecule has 0 heterocycles. The first-order valence-corrected chi connectivity index (χ1v) is 6.57. The summed E-state index contributed by atoms with van der Waals surface area (Å²) < 4.78 is 0.225. The van der Waals surface area contributed by atoms with Crippen LogP contribution in [0.1, 0.15) is 13.8 Å². The summed E-state index contributed by atoms with van der Waals surface area (Å²) in [5.41, 5.74) is 0.721. The van der Waals surface area contributed by atoms with Gasteiger partial charge in [0.05, 0.1) is 5.92 Å². The van der Waals surface area contributed by atoms with Crippen LogP contribution in [-0.4, -0.2) is 5.91 Å². The van der Waals surface area contributed by atoms with Gasteiger partial charge in [0, 0.05) is 5.69 Å². The second-order valence-electron chi connectivity index (χ2n) is 5.14. The minimum absolute atomic E-state index is 0.0158. The molecule has 1 aliphatic rings. The van der Waals surface area contributed by atoms with Crippen LogP contribution >= 0.6 is 23.2 Å². The van der Waals surface area contributed by atoms with Gasteiger partial charge in [0.15, 0.2) is 0 Å². The number of para-hydroxylation sites is 1. The van der Waals surface area contributed by atoms with E-state index in [1.165, 1.54) is 0 Å². The van der Waals surface area contributed by atoms with Gasteiger partial charge in [0.1, 0.15) is 4.49 Å². The van der Waals surface area contributed by atoms with E-state index in [9.17, 15) is 4.79 Å². The topological polar surface area (TPSA) is 29.1 Å². The quantitative estimate of drug-likeness (QED) is 0.884. The molecule has 2 atom stereocenters. The van der Waals surface area contributed by atoms with Gasteiger partial charge in [-0.1, -0.05) is 55.2 Å². The van der Waals surface area contributed by atoms with E-state index in [1.807, 2.05) is 44.2 Å². The van der Waals surface area contributed by atoms with E-state index in [1.54, 1.807) is 6.08 Å². The highest BCUT2D eigenvalue weighted by atomic mass is 35.5. The largest absolute Gasteiger partial charge is 0.326 e. The van der Waals surface area contributed by atoms with Crippen molar-refractivity contribution < 1.29 is 4.79 Å². The fraction of sp³-hybridized carbons (Fsp3) is 0.357. The minimum atomic E-state index is -0.0894. The fourth-order valence-corrected chi connectivity index (χ4v) is 2.64. The van der Waals surface area contributed by atoms with Crippen molar-refractivity contribution in [1.29, 1.82) is 0 Å². The Balaban J connectivity index is 2.05. The zero-order valence-electron chi connectivity index (χ0n) is 10.3. The zero-order chi connectivity index (χ0) is 13.3. The third-order valence-electron chi connectivity index (χ3n) is 3.54. The molecule has 96 valence electrons. The molecule has 4 heteroatoms. The number of halogens is 2. The molecule has 0 aliphatic heterocycles. The number of rotatable bonds is 3. The summed E-state index contributed by atoms with van der Waals surface area (Å²) >= 11 is 11.3. The Labute approximate surface area is 117 Å². The number of amides is 1. The highest BCUT2D eigenvalue weighted by Crippen LogP contribution is 2.59. The molecule has 0 saturated heterocycles. The van der Waals surface area contributed by atoms with E-state index in [-0.39, 0.29) is 27.6 Å². The molecule has 0 unspecified atom stereocenters. The smallest absolute Gasteiger partial charge is 0.228 e. The lowest BCUT2D eigenvalue weighted by Gasteiger charge is -2.05. The summed E-state index contributed by atoms with van der Waals surface area (Å²) in [4.78, 5) is 12.2. The summed E-state index contributed by atoms with van der Waals surface area (Å²) in [6, 6.07) is 9.43. The van der Waals surface area contributed by atoms with Crippen LogP contribution in [0.3, 0.4) is 0 Å². The molecule has 0 aromatic heterocycles. The third kappa shape index (κ3) is 2.70. The van der Waals surface area contributed by atoms with Gasteiger partial charge in [0.2, 0.25) is 5.91 Å². The Morgan fingerprint density at radius 1 is 1.28 bits per heavy atom. The molecule has 1 N–H and O–H groups in total. The summed E-state index contributed by atoms with van der Waals surface area (Å²) in [5, 5.41) is 2.91. The predicted molar refractivity (Wildman–Crippen MR) is 75.6 cm³/mol. The van der Waals surface area contributed by atoms with Gasteiger partial charge in [0.25, 0.3) is 0 Å².